The van der Waals surface area contributed by atoms with Gasteiger partial charge in [0, 0.05) is 24.5 Å². The van der Waals surface area contributed by atoms with E-state index < -0.39 is 0 Å². The van der Waals surface area contributed by atoms with Crippen LogP contribution in [-0.4, -0.2) is 16.0 Å². The van der Waals surface area contributed by atoms with E-state index in [1.54, 1.807) is 0 Å². The highest BCUT2D eigenvalue weighted by atomic mass is 16.1. The highest BCUT2D eigenvalue weighted by molar-refractivity contribution is 5.79. The second-order valence-corrected chi connectivity index (χ2v) is 4.50. The minimum Gasteiger partial charge on any atom is -0.300 e. The summed E-state index contributed by atoms with van der Waals surface area (Å²) in [4.78, 5) is 11.3. The van der Waals surface area contributed by atoms with Crippen molar-refractivity contribution in [2.75, 3.05) is 0 Å². The summed E-state index contributed by atoms with van der Waals surface area (Å²) >= 11 is 0. The third kappa shape index (κ3) is 1.11. The monoisotopic (exact) mass is 190 g/mol. The normalized spacial score (nSPS) is 31.0. The molecule has 0 aromatic carbocycles. The largest absolute Gasteiger partial charge is 0.300 e. The molecule has 2 atom stereocenters. The van der Waals surface area contributed by atoms with Crippen LogP contribution in [0.2, 0.25) is 0 Å². The lowest BCUT2D eigenvalue weighted by molar-refractivity contribution is -0.122. The Morgan fingerprint density at radius 2 is 2.29 bits per heavy atom. The maximum Gasteiger partial charge on any atom is 0.133 e. The third-order valence-corrected chi connectivity index (χ3v) is 3.70. The molecule has 1 heterocycles. The number of aromatic nitrogens is 2. The Hall–Kier alpha value is -1.12. The molecular weight excluding hydrogens is 176 g/mol. The molecule has 1 saturated carbocycles. The van der Waals surface area contributed by atoms with Crippen LogP contribution < -0.4 is 0 Å². The first kappa shape index (κ1) is 8.21. The molecule has 74 valence electrons. The molecule has 1 aromatic rings. The van der Waals surface area contributed by atoms with Crippen molar-refractivity contribution in [2.24, 2.45) is 5.92 Å². The van der Waals surface area contributed by atoms with E-state index >= 15 is 0 Å². The number of fused-ring (bicyclic) bond motifs is 3. The number of nitrogens with one attached hydrogen (secondary N) is 1. The first-order valence-electron chi connectivity index (χ1n) is 5.38. The highest BCUT2D eigenvalue weighted by Crippen LogP contribution is 2.42. The van der Waals surface area contributed by atoms with Gasteiger partial charge in [-0.2, -0.15) is 5.10 Å². The Balaban J connectivity index is 1.94. The molecule has 0 spiro atoms. The van der Waals surface area contributed by atoms with E-state index in [0.29, 0.717) is 17.6 Å². The van der Waals surface area contributed by atoms with Gasteiger partial charge in [-0.3, -0.25) is 9.89 Å². The quantitative estimate of drug-likeness (QED) is 0.678. The van der Waals surface area contributed by atoms with Crippen LogP contribution >= 0.6 is 0 Å². The van der Waals surface area contributed by atoms with Crippen LogP contribution in [0.5, 0.6) is 0 Å². The summed E-state index contributed by atoms with van der Waals surface area (Å²) in [7, 11) is 0. The van der Waals surface area contributed by atoms with E-state index in [0.717, 1.165) is 25.7 Å². The van der Waals surface area contributed by atoms with Gasteiger partial charge in [-0.05, 0) is 30.7 Å². The van der Waals surface area contributed by atoms with E-state index in [9.17, 15) is 4.79 Å². The molecule has 0 bridgehead atoms. The van der Waals surface area contributed by atoms with Crippen molar-refractivity contribution in [3.8, 4) is 0 Å². The number of aryl methyl sites for hydroxylation is 1. The number of rotatable bonds is 0. The van der Waals surface area contributed by atoms with Crippen LogP contribution in [0.4, 0.5) is 0 Å². The second-order valence-electron chi connectivity index (χ2n) is 4.50. The first-order chi connectivity index (χ1) is 6.84. The van der Waals surface area contributed by atoms with Crippen molar-refractivity contribution in [1.82, 2.24) is 10.2 Å². The van der Waals surface area contributed by atoms with Gasteiger partial charge in [0.25, 0.3) is 0 Å². The predicted molar refractivity (Wildman–Crippen MR) is 52.0 cm³/mol. The van der Waals surface area contributed by atoms with E-state index in [2.05, 4.69) is 10.2 Å². The molecule has 2 aliphatic carbocycles. The lowest BCUT2D eigenvalue weighted by Crippen LogP contribution is -2.27. The molecule has 1 fully saturated rings. The standard InChI is InChI=1S/C11H14N2O/c14-9-3-4-10-7(5-9)1-2-8-6-12-13-11(8)10/h6-7,10H,1-5H2,(H,12,13). The average molecular weight is 190 g/mol. The highest BCUT2D eigenvalue weighted by Gasteiger charge is 2.35. The van der Waals surface area contributed by atoms with Crippen LogP contribution in [-0.2, 0) is 11.2 Å². The third-order valence-electron chi connectivity index (χ3n) is 3.70. The number of carbonyl (C=O) groups is 1. The predicted octanol–water partition coefficient (Wildman–Crippen LogP) is 1.81. The fraction of sp³-hybridized carbons (Fsp3) is 0.636. The first-order valence-corrected chi connectivity index (χ1v) is 5.38. The molecule has 1 aromatic heterocycles. The van der Waals surface area contributed by atoms with Crippen LogP contribution in [0.1, 0.15) is 42.9 Å². The number of nitrogens with zero attached hydrogens (tertiary/aromatic N) is 1. The zero-order valence-electron chi connectivity index (χ0n) is 8.12. The van der Waals surface area contributed by atoms with E-state index in [4.69, 9.17) is 0 Å². The lowest BCUT2D eigenvalue weighted by Gasteiger charge is -2.34. The number of hydrogen-bond donors (Lipinski definition) is 1. The van der Waals surface area contributed by atoms with Crippen LogP contribution in [0.3, 0.4) is 0 Å². The Morgan fingerprint density at radius 1 is 1.36 bits per heavy atom. The molecular formula is C11H14N2O. The van der Waals surface area contributed by atoms with Gasteiger partial charge >= 0.3 is 0 Å². The van der Waals surface area contributed by atoms with Crippen LogP contribution in [0.25, 0.3) is 0 Å². The minimum absolute atomic E-state index is 0.453. The molecule has 3 heteroatoms. The number of aromatic amines is 1. The molecule has 2 aliphatic rings. The van der Waals surface area contributed by atoms with Crippen molar-refractivity contribution in [3.05, 3.63) is 17.5 Å². The van der Waals surface area contributed by atoms with Gasteiger partial charge < -0.3 is 0 Å². The molecule has 0 saturated heterocycles. The van der Waals surface area contributed by atoms with Gasteiger partial charge in [-0.15, -0.1) is 0 Å². The minimum atomic E-state index is 0.453. The zero-order valence-corrected chi connectivity index (χ0v) is 8.12. The summed E-state index contributed by atoms with van der Waals surface area (Å²) in [5, 5.41) is 7.21. The fourth-order valence-electron chi connectivity index (χ4n) is 2.95. The van der Waals surface area contributed by atoms with Gasteiger partial charge in [0.1, 0.15) is 5.78 Å². The van der Waals surface area contributed by atoms with Gasteiger partial charge in [-0.25, -0.2) is 0 Å². The molecule has 3 nitrogen and oxygen atoms in total. The SMILES string of the molecule is O=C1CCC2c3[nH]ncc3CCC2C1. The number of H-pyrrole nitrogens is 1. The van der Waals surface area contributed by atoms with Crippen molar-refractivity contribution in [3.63, 3.8) is 0 Å². The summed E-state index contributed by atoms with van der Waals surface area (Å²) in [5.41, 5.74) is 2.69. The molecule has 0 radical (unpaired) electrons. The Morgan fingerprint density at radius 3 is 3.21 bits per heavy atom. The molecule has 0 aliphatic heterocycles. The van der Waals surface area contributed by atoms with E-state index in [-0.39, 0.29) is 0 Å². The molecule has 1 N–H and O–H groups in total. The topological polar surface area (TPSA) is 45.8 Å². The summed E-state index contributed by atoms with van der Waals surface area (Å²) in [6.07, 6.45) is 6.80. The smallest absolute Gasteiger partial charge is 0.133 e. The number of Topliss-reactive ketones (excluding diaryl/α,β-unsaturated/α-hetero) is 1. The lowest BCUT2D eigenvalue weighted by atomic mass is 9.70. The van der Waals surface area contributed by atoms with Gasteiger partial charge in [-0.1, -0.05) is 0 Å². The molecule has 2 unspecified atom stereocenters. The zero-order chi connectivity index (χ0) is 9.54. The summed E-state index contributed by atoms with van der Waals surface area (Å²) in [6.45, 7) is 0. The number of hydrogen-bond acceptors (Lipinski definition) is 2. The Bertz CT molecular complexity index is 369. The van der Waals surface area contributed by atoms with Gasteiger partial charge in [0.2, 0.25) is 0 Å². The second kappa shape index (κ2) is 2.94. The van der Waals surface area contributed by atoms with Crippen molar-refractivity contribution in [2.45, 2.75) is 38.0 Å². The summed E-state index contributed by atoms with van der Waals surface area (Å²) in [6, 6.07) is 0. The molecule has 0 amide bonds. The summed E-state index contributed by atoms with van der Waals surface area (Å²) < 4.78 is 0. The van der Waals surface area contributed by atoms with Gasteiger partial charge in [0.15, 0.2) is 0 Å². The maximum atomic E-state index is 11.3. The average Bonchev–Trinajstić information content (AvgIpc) is 2.65. The van der Waals surface area contributed by atoms with Gasteiger partial charge in [0.05, 0.1) is 6.20 Å². The van der Waals surface area contributed by atoms with E-state index in [1.807, 2.05) is 6.20 Å². The number of ketones is 1. The fourth-order valence-corrected chi connectivity index (χ4v) is 2.95. The maximum absolute atomic E-state index is 11.3. The van der Waals surface area contributed by atoms with Crippen molar-refractivity contribution < 1.29 is 4.79 Å². The van der Waals surface area contributed by atoms with Crippen molar-refractivity contribution >= 4 is 5.78 Å². The van der Waals surface area contributed by atoms with Crippen molar-refractivity contribution in [1.29, 1.82) is 0 Å². The number of carbonyl (C=O) groups excluding carboxylic acids is 1. The van der Waals surface area contributed by atoms with Crippen LogP contribution in [0, 0.1) is 5.92 Å². The Kier molecular flexibility index (Phi) is 1.72. The molecule has 14 heavy (non-hydrogen) atoms. The van der Waals surface area contributed by atoms with Crippen LogP contribution in [0.15, 0.2) is 6.20 Å². The summed E-state index contributed by atoms with van der Waals surface area (Å²) in [5.74, 6) is 1.62. The van der Waals surface area contributed by atoms with E-state index in [1.165, 1.54) is 17.7 Å². The Labute approximate surface area is 82.9 Å². The molecule has 3 rings (SSSR count).